The summed E-state index contributed by atoms with van der Waals surface area (Å²) in [7, 11) is 0. The van der Waals surface area contributed by atoms with Gasteiger partial charge >= 0.3 is 0 Å². The van der Waals surface area contributed by atoms with Gasteiger partial charge in [0.1, 0.15) is 5.03 Å². The Balaban J connectivity index is 2.36. The van der Waals surface area contributed by atoms with Crippen LogP contribution in [0.15, 0.2) is 46.5 Å². The standard InChI is InChI=1S/C15H14N2O2S/c1-11-4-2-5-12(8-16-10-19)14(11)20-15-13(9-18)6-3-7-17-15/h2-7,9-10H,8H2,1H3,(H,16,19). The van der Waals surface area contributed by atoms with Gasteiger partial charge in [-0.3, -0.25) is 9.59 Å². The third-order valence-electron chi connectivity index (χ3n) is 2.80. The maximum Gasteiger partial charge on any atom is 0.207 e. The molecule has 0 fully saturated rings. The molecule has 1 amide bonds. The van der Waals surface area contributed by atoms with E-state index in [1.54, 1.807) is 18.3 Å². The first-order valence-corrected chi connectivity index (χ1v) is 6.91. The summed E-state index contributed by atoms with van der Waals surface area (Å²) in [5.74, 6) is 0. The summed E-state index contributed by atoms with van der Waals surface area (Å²) in [4.78, 5) is 26.8. The molecule has 0 aliphatic rings. The summed E-state index contributed by atoms with van der Waals surface area (Å²) in [6, 6.07) is 9.37. The maximum atomic E-state index is 11.0. The number of amides is 1. The van der Waals surface area contributed by atoms with E-state index < -0.39 is 0 Å². The molecule has 2 aromatic rings. The predicted molar refractivity (Wildman–Crippen MR) is 77.8 cm³/mol. The molecule has 0 aliphatic heterocycles. The summed E-state index contributed by atoms with van der Waals surface area (Å²) in [6.07, 6.45) is 3.14. The van der Waals surface area contributed by atoms with Gasteiger partial charge in [-0.25, -0.2) is 4.98 Å². The van der Waals surface area contributed by atoms with Gasteiger partial charge in [-0.2, -0.15) is 0 Å². The lowest BCUT2D eigenvalue weighted by atomic mass is 10.1. The number of pyridine rings is 1. The number of aromatic nitrogens is 1. The molecule has 102 valence electrons. The van der Waals surface area contributed by atoms with E-state index in [-0.39, 0.29) is 0 Å². The fourth-order valence-electron chi connectivity index (χ4n) is 1.83. The van der Waals surface area contributed by atoms with Crippen LogP contribution in [0.25, 0.3) is 0 Å². The van der Waals surface area contributed by atoms with Crippen LogP contribution in [0.5, 0.6) is 0 Å². The van der Waals surface area contributed by atoms with E-state index in [4.69, 9.17) is 0 Å². The molecular formula is C15H14N2O2S. The van der Waals surface area contributed by atoms with Gasteiger partial charge in [0.05, 0.1) is 0 Å². The minimum atomic E-state index is 0.455. The van der Waals surface area contributed by atoms with Gasteiger partial charge in [0.2, 0.25) is 6.41 Å². The summed E-state index contributed by atoms with van der Waals surface area (Å²) in [5, 5.41) is 3.33. The first-order chi connectivity index (χ1) is 9.76. The average molecular weight is 286 g/mol. The molecule has 1 aromatic heterocycles. The van der Waals surface area contributed by atoms with Gasteiger partial charge < -0.3 is 5.32 Å². The van der Waals surface area contributed by atoms with Crippen molar-refractivity contribution in [2.24, 2.45) is 0 Å². The van der Waals surface area contributed by atoms with E-state index >= 15 is 0 Å². The maximum absolute atomic E-state index is 11.0. The molecule has 4 nitrogen and oxygen atoms in total. The molecule has 1 heterocycles. The van der Waals surface area contributed by atoms with Crippen molar-refractivity contribution in [3.05, 3.63) is 53.2 Å². The largest absolute Gasteiger partial charge is 0.355 e. The van der Waals surface area contributed by atoms with Crippen molar-refractivity contribution in [3.8, 4) is 0 Å². The molecule has 0 aliphatic carbocycles. The van der Waals surface area contributed by atoms with Crippen molar-refractivity contribution in [2.75, 3.05) is 0 Å². The Hall–Kier alpha value is -2.14. The van der Waals surface area contributed by atoms with E-state index in [0.717, 1.165) is 22.3 Å². The summed E-state index contributed by atoms with van der Waals surface area (Å²) in [6.45, 7) is 2.45. The highest BCUT2D eigenvalue weighted by Crippen LogP contribution is 2.33. The second-order valence-corrected chi connectivity index (χ2v) is 5.18. The van der Waals surface area contributed by atoms with Gasteiger partial charge in [-0.05, 0) is 30.2 Å². The topological polar surface area (TPSA) is 59.1 Å². The van der Waals surface area contributed by atoms with Crippen molar-refractivity contribution >= 4 is 24.5 Å². The quantitative estimate of drug-likeness (QED) is 0.829. The zero-order valence-electron chi connectivity index (χ0n) is 11.0. The number of benzene rings is 1. The number of aldehydes is 1. The third kappa shape index (κ3) is 3.24. The second-order valence-electron chi connectivity index (χ2n) is 4.18. The van der Waals surface area contributed by atoms with Crippen LogP contribution in [0.3, 0.4) is 0 Å². The Morgan fingerprint density at radius 1 is 1.25 bits per heavy atom. The van der Waals surface area contributed by atoms with Gasteiger partial charge in [-0.1, -0.05) is 30.0 Å². The number of nitrogens with one attached hydrogen (secondary N) is 1. The number of hydrogen-bond donors (Lipinski definition) is 1. The highest BCUT2D eigenvalue weighted by molar-refractivity contribution is 7.99. The first-order valence-electron chi connectivity index (χ1n) is 6.10. The molecule has 0 saturated carbocycles. The van der Waals surface area contributed by atoms with E-state index in [2.05, 4.69) is 10.3 Å². The molecule has 2 rings (SSSR count). The van der Waals surface area contributed by atoms with Crippen LogP contribution in [-0.2, 0) is 11.3 Å². The Labute approximate surface area is 121 Å². The number of carbonyl (C=O) groups excluding carboxylic acids is 2. The minimum Gasteiger partial charge on any atom is -0.355 e. The highest BCUT2D eigenvalue weighted by atomic mass is 32.2. The molecule has 0 bridgehead atoms. The van der Waals surface area contributed by atoms with Crippen LogP contribution in [-0.4, -0.2) is 17.7 Å². The van der Waals surface area contributed by atoms with Crippen molar-refractivity contribution in [3.63, 3.8) is 0 Å². The minimum absolute atomic E-state index is 0.455. The van der Waals surface area contributed by atoms with E-state index in [1.165, 1.54) is 11.8 Å². The van der Waals surface area contributed by atoms with E-state index in [9.17, 15) is 9.59 Å². The van der Waals surface area contributed by atoms with Crippen LogP contribution in [0.2, 0.25) is 0 Å². The first kappa shape index (κ1) is 14.3. The molecule has 0 spiro atoms. The Bertz CT molecular complexity index is 629. The second kappa shape index (κ2) is 6.86. The monoisotopic (exact) mass is 286 g/mol. The van der Waals surface area contributed by atoms with Crippen molar-refractivity contribution in [1.29, 1.82) is 0 Å². The van der Waals surface area contributed by atoms with Gasteiger partial charge in [0.15, 0.2) is 6.29 Å². The molecule has 1 aromatic carbocycles. The molecular weight excluding hydrogens is 272 g/mol. The molecule has 0 saturated heterocycles. The van der Waals surface area contributed by atoms with Crippen molar-refractivity contribution in [2.45, 2.75) is 23.4 Å². The summed E-state index contributed by atoms with van der Waals surface area (Å²) < 4.78 is 0. The van der Waals surface area contributed by atoms with Crippen molar-refractivity contribution in [1.82, 2.24) is 10.3 Å². The molecule has 5 heteroatoms. The molecule has 0 radical (unpaired) electrons. The van der Waals surface area contributed by atoms with E-state index in [0.29, 0.717) is 23.5 Å². The fourth-order valence-corrected chi connectivity index (χ4v) is 2.87. The molecule has 1 N–H and O–H groups in total. The van der Waals surface area contributed by atoms with Gasteiger partial charge in [-0.15, -0.1) is 0 Å². The predicted octanol–water partition coefficient (Wildman–Crippen LogP) is 2.60. The van der Waals surface area contributed by atoms with Crippen LogP contribution < -0.4 is 5.32 Å². The van der Waals surface area contributed by atoms with Gasteiger partial charge in [0, 0.05) is 23.2 Å². The summed E-state index contributed by atoms with van der Waals surface area (Å²) >= 11 is 1.44. The van der Waals surface area contributed by atoms with Crippen LogP contribution in [0.1, 0.15) is 21.5 Å². The highest BCUT2D eigenvalue weighted by Gasteiger charge is 2.11. The SMILES string of the molecule is Cc1cccc(CNC=O)c1Sc1ncccc1C=O. The van der Waals surface area contributed by atoms with Gasteiger partial charge in [0.25, 0.3) is 0 Å². The van der Waals surface area contributed by atoms with Crippen LogP contribution in [0, 0.1) is 6.92 Å². The zero-order valence-corrected chi connectivity index (χ0v) is 11.8. The number of hydrogen-bond acceptors (Lipinski definition) is 4. The number of carbonyl (C=O) groups is 2. The Morgan fingerprint density at radius 2 is 2.10 bits per heavy atom. The average Bonchev–Trinajstić information content (AvgIpc) is 2.48. The van der Waals surface area contributed by atoms with Crippen molar-refractivity contribution < 1.29 is 9.59 Å². The lowest BCUT2D eigenvalue weighted by Crippen LogP contribution is -2.11. The Morgan fingerprint density at radius 3 is 2.85 bits per heavy atom. The van der Waals surface area contributed by atoms with E-state index in [1.807, 2.05) is 25.1 Å². The number of rotatable bonds is 6. The summed E-state index contributed by atoms with van der Waals surface area (Å²) in [5.41, 5.74) is 2.65. The third-order valence-corrected chi connectivity index (χ3v) is 4.12. The normalized spacial score (nSPS) is 10.1. The molecule has 0 unspecified atom stereocenters. The van der Waals surface area contributed by atoms with Crippen LogP contribution in [0.4, 0.5) is 0 Å². The zero-order chi connectivity index (χ0) is 14.4. The molecule has 0 atom stereocenters. The number of aryl methyl sites for hydroxylation is 1. The Kier molecular flexibility index (Phi) is 4.90. The lowest BCUT2D eigenvalue weighted by molar-refractivity contribution is -0.109. The molecule has 20 heavy (non-hydrogen) atoms. The number of nitrogens with zero attached hydrogens (tertiary/aromatic N) is 1. The van der Waals surface area contributed by atoms with Crippen LogP contribution >= 0.6 is 11.8 Å². The lowest BCUT2D eigenvalue weighted by Gasteiger charge is -2.12. The smallest absolute Gasteiger partial charge is 0.207 e. The fraction of sp³-hybridized carbons (Fsp3) is 0.133.